The van der Waals surface area contributed by atoms with Crippen molar-refractivity contribution in [3.8, 4) is 11.8 Å². The second-order valence-electron chi connectivity index (χ2n) is 3.05. The molecule has 0 radical (unpaired) electrons. The summed E-state index contributed by atoms with van der Waals surface area (Å²) in [5.41, 5.74) is 1.77. The molecule has 0 N–H and O–H groups in total. The molecule has 0 saturated carbocycles. The molecule has 0 amide bonds. The zero-order valence-corrected chi connectivity index (χ0v) is 8.87. The molecule has 14 heavy (non-hydrogen) atoms. The van der Waals surface area contributed by atoms with E-state index < -0.39 is 0 Å². The number of unbranched alkanes of at least 4 members (excludes halogenated alkanes) is 1. The summed E-state index contributed by atoms with van der Waals surface area (Å²) in [5.74, 6) is 6.43. The lowest BCUT2D eigenvalue weighted by Crippen LogP contribution is -1.83. The molecule has 1 rings (SSSR count). The van der Waals surface area contributed by atoms with E-state index in [-0.39, 0.29) is 5.82 Å². The fraction of sp³-hybridized carbons (Fsp3) is 0.333. The van der Waals surface area contributed by atoms with Gasteiger partial charge in [0.1, 0.15) is 5.82 Å². The second-order valence-corrected chi connectivity index (χ2v) is 3.43. The maximum absolute atomic E-state index is 12.7. The lowest BCUT2D eigenvalue weighted by Gasteiger charge is -1.96. The molecule has 0 aliphatic rings. The largest absolute Gasteiger partial charge is 0.207 e. The third kappa shape index (κ3) is 3.40. The fourth-order valence-corrected chi connectivity index (χ4v) is 1.21. The summed E-state index contributed by atoms with van der Waals surface area (Å²) in [4.78, 5) is 0. The molecule has 0 heterocycles. The summed E-state index contributed by atoms with van der Waals surface area (Å²) in [6.45, 7) is 1.86. The summed E-state index contributed by atoms with van der Waals surface area (Å²) < 4.78 is 12.7. The molecule has 1 aromatic rings. The van der Waals surface area contributed by atoms with Crippen LogP contribution in [-0.4, -0.2) is 5.88 Å². The van der Waals surface area contributed by atoms with Crippen LogP contribution in [0.4, 0.5) is 4.39 Å². The predicted octanol–water partition coefficient (Wildman–Crippen LogP) is 3.50. The number of alkyl halides is 1. The summed E-state index contributed by atoms with van der Waals surface area (Å²) in [6.07, 6.45) is 1.69. The van der Waals surface area contributed by atoms with Crippen molar-refractivity contribution in [3.63, 3.8) is 0 Å². The van der Waals surface area contributed by atoms with Crippen LogP contribution in [0.1, 0.15) is 24.0 Å². The Morgan fingerprint density at radius 3 is 2.86 bits per heavy atom. The third-order valence-corrected chi connectivity index (χ3v) is 2.11. The summed E-state index contributed by atoms with van der Waals surface area (Å²) >= 11 is 5.52. The Balaban J connectivity index is 2.70. The number of aryl methyl sites for hydroxylation is 1. The van der Waals surface area contributed by atoms with Gasteiger partial charge in [-0.25, -0.2) is 4.39 Å². The van der Waals surface area contributed by atoms with Crippen molar-refractivity contribution in [3.05, 3.63) is 35.1 Å². The van der Waals surface area contributed by atoms with Gasteiger partial charge in [-0.05, 0) is 37.1 Å². The van der Waals surface area contributed by atoms with Crippen LogP contribution in [0.5, 0.6) is 0 Å². The Hall–Kier alpha value is -1.00. The average Bonchev–Trinajstić information content (AvgIpc) is 2.15. The highest BCUT2D eigenvalue weighted by Gasteiger charge is 1.95. The van der Waals surface area contributed by atoms with E-state index in [4.69, 9.17) is 11.6 Å². The van der Waals surface area contributed by atoms with Crippen molar-refractivity contribution in [2.24, 2.45) is 0 Å². The van der Waals surface area contributed by atoms with Crippen molar-refractivity contribution < 1.29 is 4.39 Å². The molecule has 0 atom stereocenters. The van der Waals surface area contributed by atoms with E-state index in [1.165, 1.54) is 12.1 Å². The van der Waals surface area contributed by atoms with Crippen molar-refractivity contribution in [1.82, 2.24) is 0 Å². The van der Waals surface area contributed by atoms with E-state index in [0.29, 0.717) is 5.88 Å². The van der Waals surface area contributed by atoms with Gasteiger partial charge in [-0.2, -0.15) is 0 Å². The zero-order valence-electron chi connectivity index (χ0n) is 8.11. The van der Waals surface area contributed by atoms with E-state index in [1.54, 1.807) is 6.07 Å². The highest BCUT2D eigenvalue weighted by Crippen LogP contribution is 2.08. The molecule has 2 heteroatoms. The van der Waals surface area contributed by atoms with Gasteiger partial charge < -0.3 is 0 Å². The Labute approximate surface area is 89.1 Å². The van der Waals surface area contributed by atoms with Crippen LogP contribution in [0.25, 0.3) is 0 Å². The molecule has 74 valence electrons. The first kappa shape index (κ1) is 11.1. The van der Waals surface area contributed by atoms with Gasteiger partial charge in [-0.1, -0.05) is 11.8 Å². The van der Waals surface area contributed by atoms with Gasteiger partial charge in [0.25, 0.3) is 0 Å². The van der Waals surface area contributed by atoms with E-state index in [0.717, 1.165) is 24.0 Å². The van der Waals surface area contributed by atoms with Crippen LogP contribution in [-0.2, 0) is 0 Å². The molecular formula is C12H12ClF. The van der Waals surface area contributed by atoms with Crippen LogP contribution in [0.3, 0.4) is 0 Å². The standard InChI is InChI=1S/C12H12ClF/c1-10-9-12(14)7-6-11(10)5-3-2-4-8-13/h6-7,9H,2,4,8H2,1H3. The van der Waals surface area contributed by atoms with Gasteiger partial charge in [0.05, 0.1) is 0 Å². The Morgan fingerprint density at radius 2 is 2.21 bits per heavy atom. The lowest BCUT2D eigenvalue weighted by atomic mass is 10.1. The van der Waals surface area contributed by atoms with Crippen molar-refractivity contribution in [2.45, 2.75) is 19.8 Å². The summed E-state index contributed by atoms with van der Waals surface area (Å²) in [5, 5.41) is 0. The maximum atomic E-state index is 12.7. The minimum absolute atomic E-state index is 0.214. The minimum Gasteiger partial charge on any atom is -0.207 e. The number of halogens is 2. The maximum Gasteiger partial charge on any atom is 0.123 e. The number of benzene rings is 1. The monoisotopic (exact) mass is 210 g/mol. The molecule has 0 bridgehead atoms. The quantitative estimate of drug-likeness (QED) is 0.398. The Morgan fingerprint density at radius 1 is 1.43 bits per heavy atom. The van der Waals surface area contributed by atoms with Gasteiger partial charge in [0.2, 0.25) is 0 Å². The number of hydrogen-bond acceptors (Lipinski definition) is 0. The summed E-state index contributed by atoms with van der Waals surface area (Å²) in [6, 6.07) is 4.63. The van der Waals surface area contributed by atoms with Crippen LogP contribution < -0.4 is 0 Å². The van der Waals surface area contributed by atoms with Crippen LogP contribution in [0.15, 0.2) is 18.2 Å². The lowest BCUT2D eigenvalue weighted by molar-refractivity contribution is 0.626. The normalized spacial score (nSPS) is 9.36. The molecule has 0 aromatic heterocycles. The zero-order chi connectivity index (χ0) is 10.4. The molecule has 0 spiro atoms. The first-order chi connectivity index (χ1) is 6.74. The third-order valence-electron chi connectivity index (χ3n) is 1.85. The highest BCUT2D eigenvalue weighted by atomic mass is 35.5. The number of hydrogen-bond donors (Lipinski definition) is 0. The van der Waals surface area contributed by atoms with Crippen LogP contribution in [0.2, 0.25) is 0 Å². The highest BCUT2D eigenvalue weighted by molar-refractivity contribution is 6.17. The molecular weight excluding hydrogens is 199 g/mol. The number of rotatable bonds is 2. The predicted molar refractivity (Wildman–Crippen MR) is 58.0 cm³/mol. The minimum atomic E-state index is -0.214. The van der Waals surface area contributed by atoms with Crippen molar-refractivity contribution >= 4 is 11.6 Å². The topological polar surface area (TPSA) is 0 Å². The van der Waals surface area contributed by atoms with Gasteiger partial charge in [-0.3, -0.25) is 0 Å². The van der Waals surface area contributed by atoms with Crippen molar-refractivity contribution in [2.75, 3.05) is 5.88 Å². The Bertz CT molecular complexity index is 360. The second kappa shape index (κ2) is 5.67. The van der Waals surface area contributed by atoms with Gasteiger partial charge in [-0.15, -0.1) is 11.6 Å². The smallest absolute Gasteiger partial charge is 0.123 e. The van der Waals surface area contributed by atoms with E-state index in [2.05, 4.69) is 11.8 Å². The van der Waals surface area contributed by atoms with Crippen molar-refractivity contribution in [1.29, 1.82) is 0 Å². The van der Waals surface area contributed by atoms with Crippen LogP contribution in [0, 0.1) is 24.6 Å². The van der Waals surface area contributed by atoms with E-state index in [1.807, 2.05) is 6.92 Å². The van der Waals surface area contributed by atoms with Gasteiger partial charge >= 0.3 is 0 Å². The van der Waals surface area contributed by atoms with Crippen LogP contribution >= 0.6 is 11.6 Å². The molecule has 1 aromatic carbocycles. The Kier molecular flexibility index (Phi) is 4.49. The van der Waals surface area contributed by atoms with E-state index in [9.17, 15) is 4.39 Å². The van der Waals surface area contributed by atoms with E-state index >= 15 is 0 Å². The van der Waals surface area contributed by atoms with Gasteiger partial charge in [0.15, 0.2) is 0 Å². The molecule has 0 fully saturated rings. The molecule has 0 unspecified atom stereocenters. The molecule has 0 nitrogen and oxygen atoms in total. The SMILES string of the molecule is Cc1cc(F)ccc1C#CCCCCl. The molecule has 0 saturated heterocycles. The average molecular weight is 211 g/mol. The first-order valence-electron chi connectivity index (χ1n) is 4.55. The fourth-order valence-electron chi connectivity index (χ4n) is 1.08. The van der Waals surface area contributed by atoms with Gasteiger partial charge in [0, 0.05) is 17.9 Å². The summed E-state index contributed by atoms with van der Waals surface area (Å²) in [7, 11) is 0. The molecule has 0 aliphatic heterocycles. The first-order valence-corrected chi connectivity index (χ1v) is 5.08. The molecule has 0 aliphatic carbocycles.